The van der Waals surface area contributed by atoms with E-state index in [0.717, 1.165) is 81.7 Å². The predicted molar refractivity (Wildman–Crippen MR) is 159 cm³/mol. The lowest BCUT2D eigenvalue weighted by Crippen LogP contribution is -2.49. The summed E-state index contributed by atoms with van der Waals surface area (Å²) in [7, 11) is 0. The summed E-state index contributed by atoms with van der Waals surface area (Å²) >= 11 is 1.95. The summed E-state index contributed by atoms with van der Waals surface area (Å²) in [5.41, 5.74) is 7.43. The minimum absolute atomic E-state index is 0.148. The smallest absolute Gasteiger partial charge is 0.232 e. The third-order valence-electron chi connectivity index (χ3n) is 8.00. The van der Waals surface area contributed by atoms with Gasteiger partial charge in [0.1, 0.15) is 11.2 Å². The highest BCUT2D eigenvalue weighted by atomic mass is 32.1. The summed E-state index contributed by atoms with van der Waals surface area (Å²) < 4.78 is 5.36. The van der Waals surface area contributed by atoms with Gasteiger partial charge < -0.3 is 20.4 Å². The third-order valence-corrected chi connectivity index (χ3v) is 9.21. The van der Waals surface area contributed by atoms with Crippen LogP contribution >= 0.6 is 11.3 Å². The van der Waals surface area contributed by atoms with E-state index in [1.807, 2.05) is 59.9 Å². The van der Waals surface area contributed by atoms with Gasteiger partial charge in [0, 0.05) is 16.3 Å². The Labute approximate surface area is 236 Å². The van der Waals surface area contributed by atoms with Gasteiger partial charge in [0.15, 0.2) is 0 Å². The van der Waals surface area contributed by atoms with E-state index < -0.39 is 5.41 Å². The molecule has 0 radical (unpaired) electrons. The zero-order valence-electron chi connectivity index (χ0n) is 22.6. The van der Waals surface area contributed by atoms with E-state index in [2.05, 4.69) is 46.6 Å². The number of amides is 1. The fourth-order valence-corrected chi connectivity index (χ4v) is 7.20. The van der Waals surface area contributed by atoms with Gasteiger partial charge in [-0.15, -0.1) is 11.3 Å². The van der Waals surface area contributed by atoms with Crippen LogP contribution in [-0.2, 0) is 29.6 Å². The Morgan fingerprint density at radius 1 is 0.923 bits per heavy atom. The molecule has 2 aromatic heterocycles. The topological polar surface area (TPSA) is 71.5 Å². The monoisotopic (exact) mass is 541 g/mol. The molecule has 0 aliphatic carbocycles. The van der Waals surface area contributed by atoms with Crippen molar-refractivity contribution in [2.45, 2.75) is 44.1 Å². The van der Waals surface area contributed by atoms with Crippen molar-refractivity contribution in [3.8, 4) is 0 Å². The average Bonchev–Trinajstić information content (AvgIpc) is 3.74. The Morgan fingerprint density at radius 2 is 1.59 bits per heavy atom. The maximum absolute atomic E-state index is 13.3. The molecule has 5 rings (SSSR count). The summed E-state index contributed by atoms with van der Waals surface area (Å²) in [6.07, 6.45) is 7.14. The lowest BCUT2D eigenvalue weighted by Gasteiger charge is -2.37. The molecule has 3 heterocycles. The molecule has 0 spiro atoms. The molecule has 1 aliphatic rings. The van der Waals surface area contributed by atoms with Crippen LogP contribution < -0.4 is 11.1 Å². The van der Waals surface area contributed by atoms with Crippen LogP contribution in [0.15, 0.2) is 95.6 Å². The van der Waals surface area contributed by atoms with Crippen LogP contribution in [0.4, 0.5) is 0 Å². The number of furan rings is 1. The Hall–Kier alpha value is -3.19. The fraction of sp³-hybridized carbons (Fsp3) is 0.364. The normalized spacial score (nSPS) is 16.1. The van der Waals surface area contributed by atoms with Crippen LogP contribution in [0, 0.1) is 5.92 Å². The quantitative estimate of drug-likeness (QED) is 0.198. The highest BCUT2D eigenvalue weighted by Gasteiger charge is 2.49. The van der Waals surface area contributed by atoms with Gasteiger partial charge >= 0.3 is 0 Å². The lowest BCUT2D eigenvalue weighted by molar-refractivity contribution is -0.123. The van der Waals surface area contributed by atoms with E-state index >= 15 is 0 Å². The number of hydrogen-bond donors (Lipinski definition) is 2. The molecule has 4 aromatic rings. The molecular formula is C33H39N3O2S. The molecule has 1 atom stereocenters. The van der Waals surface area contributed by atoms with Crippen LogP contribution in [0.1, 0.15) is 45.9 Å². The SMILES string of the molecule is NC(=O)C(c1ccccc1)(c1ccccc1)[C@@H]1CCN(CCCc2ccc(CCCNCc3ccco3)s2)C1. The largest absolute Gasteiger partial charge is 0.468 e. The summed E-state index contributed by atoms with van der Waals surface area (Å²) in [5, 5.41) is 3.45. The molecule has 1 amide bonds. The van der Waals surface area contributed by atoms with Crippen LogP contribution in [0.5, 0.6) is 0 Å². The highest BCUT2D eigenvalue weighted by molar-refractivity contribution is 7.11. The first-order valence-electron chi connectivity index (χ1n) is 14.1. The molecule has 0 unspecified atom stereocenters. The molecule has 1 aliphatic heterocycles. The van der Waals surface area contributed by atoms with Crippen LogP contribution in [0.2, 0.25) is 0 Å². The number of primary amides is 1. The number of hydrogen-bond acceptors (Lipinski definition) is 5. The fourth-order valence-electron chi connectivity index (χ4n) is 6.10. The lowest BCUT2D eigenvalue weighted by atomic mass is 9.64. The number of nitrogens with two attached hydrogens (primary N) is 1. The molecule has 204 valence electrons. The molecule has 2 aromatic carbocycles. The van der Waals surface area contributed by atoms with E-state index in [0.29, 0.717) is 0 Å². The van der Waals surface area contributed by atoms with Gasteiger partial charge in [-0.2, -0.15) is 0 Å². The van der Waals surface area contributed by atoms with E-state index in [-0.39, 0.29) is 11.8 Å². The second kappa shape index (κ2) is 13.2. The standard InChI is InChI=1S/C33H39N3O2S/c34-32(37)33(26-10-3-1-4-11-26,27-12-5-2-6-13-27)28-19-22-36(25-28)21-8-16-31-18-17-30(39-31)15-7-20-35-24-29-14-9-23-38-29/h1-6,9-14,17-18,23,28,35H,7-8,15-16,19-22,24-25H2,(H2,34,37)/t28-/m1/s1. The average molecular weight is 542 g/mol. The van der Waals surface area contributed by atoms with E-state index in [9.17, 15) is 4.79 Å². The number of benzene rings is 2. The van der Waals surface area contributed by atoms with Crippen LogP contribution in [-0.4, -0.2) is 37.0 Å². The molecule has 1 saturated heterocycles. The minimum Gasteiger partial charge on any atom is -0.468 e. The maximum Gasteiger partial charge on any atom is 0.232 e. The minimum atomic E-state index is -0.813. The van der Waals surface area contributed by atoms with Crippen molar-refractivity contribution in [1.82, 2.24) is 10.2 Å². The van der Waals surface area contributed by atoms with Crippen molar-refractivity contribution in [2.24, 2.45) is 11.7 Å². The Kier molecular flexibility index (Phi) is 9.30. The first-order valence-corrected chi connectivity index (χ1v) is 14.9. The Bertz CT molecular complexity index is 1250. The first-order chi connectivity index (χ1) is 19.2. The summed E-state index contributed by atoms with van der Waals surface area (Å²) in [6.45, 7) is 4.70. The van der Waals surface area contributed by atoms with Gasteiger partial charge in [0.25, 0.3) is 0 Å². The number of aryl methyl sites for hydroxylation is 2. The number of nitrogens with one attached hydrogen (secondary N) is 1. The van der Waals surface area contributed by atoms with Gasteiger partial charge in [-0.05, 0) is 93.0 Å². The zero-order chi connectivity index (χ0) is 26.9. The molecule has 0 bridgehead atoms. The second-order valence-corrected chi connectivity index (χ2v) is 11.8. The molecule has 0 saturated carbocycles. The summed E-state index contributed by atoms with van der Waals surface area (Å²) in [6, 6.07) is 28.8. The van der Waals surface area contributed by atoms with E-state index in [1.165, 1.54) is 9.75 Å². The maximum atomic E-state index is 13.3. The number of likely N-dealkylation sites (tertiary alicyclic amines) is 1. The van der Waals surface area contributed by atoms with Crippen LogP contribution in [0.25, 0.3) is 0 Å². The van der Waals surface area contributed by atoms with Crippen molar-refractivity contribution in [3.05, 3.63) is 118 Å². The number of rotatable bonds is 14. The van der Waals surface area contributed by atoms with Crippen LogP contribution in [0.3, 0.4) is 0 Å². The van der Waals surface area contributed by atoms with Crippen molar-refractivity contribution in [2.75, 3.05) is 26.2 Å². The zero-order valence-corrected chi connectivity index (χ0v) is 23.4. The summed E-state index contributed by atoms with van der Waals surface area (Å²) in [4.78, 5) is 18.7. The summed E-state index contributed by atoms with van der Waals surface area (Å²) in [5.74, 6) is 0.877. The first kappa shape index (κ1) is 27.4. The van der Waals surface area contributed by atoms with Crippen molar-refractivity contribution < 1.29 is 9.21 Å². The molecule has 3 N–H and O–H groups in total. The molecular weight excluding hydrogens is 502 g/mol. The van der Waals surface area contributed by atoms with Gasteiger partial charge in [-0.3, -0.25) is 4.79 Å². The van der Waals surface area contributed by atoms with Gasteiger partial charge in [0.2, 0.25) is 5.91 Å². The van der Waals surface area contributed by atoms with Crippen molar-refractivity contribution >= 4 is 17.2 Å². The van der Waals surface area contributed by atoms with E-state index in [1.54, 1.807) is 6.26 Å². The predicted octanol–water partition coefficient (Wildman–Crippen LogP) is 5.79. The van der Waals surface area contributed by atoms with Crippen molar-refractivity contribution in [1.29, 1.82) is 0 Å². The van der Waals surface area contributed by atoms with E-state index in [4.69, 9.17) is 10.2 Å². The number of carbonyl (C=O) groups is 1. The van der Waals surface area contributed by atoms with Crippen molar-refractivity contribution in [3.63, 3.8) is 0 Å². The molecule has 6 heteroatoms. The highest BCUT2D eigenvalue weighted by Crippen LogP contribution is 2.43. The molecule has 39 heavy (non-hydrogen) atoms. The number of nitrogens with zero attached hydrogens (tertiary/aromatic N) is 1. The molecule has 5 nitrogen and oxygen atoms in total. The third kappa shape index (κ3) is 6.52. The molecule has 1 fully saturated rings. The van der Waals surface area contributed by atoms with Gasteiger partial charge in [0.05, 0.1) is 12.8 Å². The number of carbonyl (C=O) groups excluding carboxylic acids is 1. The van der Waals surface area contributed by atoms with Gasteiger partial charge in [-0.1, -0.05) is 60.7 Å². The Balaban J connectivity index is 1.13. The number of thiophene rings is 1. The second-order valence-electron chi connectivity index (χ2n) is 10.5. The van der Waals surface area contributed by atoms with Gasteiger partial charge in [-0.25, -0.2) is 0 Å². The Morgan fingerprint density at radius 3 is 2.21 bits per heavy atom.